The number of nitrogens with zero attached hydrogens (tertiary/aromatic N) is 3. The predicted octanol–water partition coefficient (Wildman–Crippen LogP) is 2.82. The van der Waals surface area contributed by atoms with E-state index in [1.54, 1.807) is 21.9 Å². The number of hydrogen-bond donors (Lipinski definition) is 2. The lowest BCUT2D eigenvalue weighted by Crippen LogP contribution is -2.42. The van der Waals surface area contributed by atoms with Gasteiger partial charge in [-0.1, -0.05) is 12.8 Å². The first-order chi connectivity index (χ1) is 13.9. The summed E-state index contributed by atoms with van der Waals surface area (Å²) in [5, 5.41) is 4.78. The molecule has 2 fully saturated rings. The largest absolute Gasteiger partial charge is 0.383 e. The molecule has 0 unspecified atom stereocenters. The van der Waals surface area contributed by atoms with E-state index in [2.05, 4.69) is 15.3 Å². The molecular weight excluding hydrogens is 410 g/mol. The van der Waals surface area contributed by atoms with E-state index in [1.807, 2.05) is 6.07 Å². The Labute approximate surface area is 174 Å². The smallest absolute Gasteiger partial charge is 0.261 e. The number of anilines is 2. The maximum Gasteiger partial charge on any atom is 0.261 e. The van der Waals surface area contributed by atoms with Crippen LogP contribution in [0.1, 0.15) is 60.5 Å². The van der Waals surface area contributed by atoms with E-state index in [9.17, 15) is 13.2 Å². The third-order valence-electron chi connectivity index (χ3n) is 5.80. The topological polar surface area (TPSA) is 118 Å². The van der Waals surface area contributed by atoms with Gasteiger partial charge < -0.3 is 5.73 Å². The van der Waals surface area contributed by atoms with Crippen molar-refractivity contribution in [3.8, 4) is 0 Å². The number of hydrogen-bond acceptors (Lipinski definition) is 7. The average molecular weight is 436 g/mol. The van der Waals surface area contributed by atoms with Crippen molar-refractivity contribution in [2.45, 2.75) is 49.7 Å². The second-order valence-corrected chi connectivity index (χ2v) is 10.7. The van der Waals surface area contributed by atoms with Crippen molar-refractivity contribution in [3.63, 3.8) is 0 Å². The summed E-state index contributed by atoms with van der Waals surface area (Å²) < 4.78 is 27.2. The summed E-state index contributed by atoms with van der Waals surface area (Å²) in [6.45, 7) is 1.02. The number of nitrogens with one attached hydrogen (secondary N) is 1. The molecule has 2 aromatic rings. The molecule has 1 aliphatic heterocycles. The fourth-order valence-electron chi connectivity index (χ4n) is 4.16. The third kappa shape index (κ3) is 4.29. The molecule has 156 valence electrons. The first-order valence-electron chi connectivity index (χ1n) is 9.91. The van der Waals surface area contributed by atoms with Crippen molar-refractivity contribution in [1.29, 1.82) is 0 Å². The van der Waals surface area contributed by atoms with E-state index in [1.165, 1.54) is 11.3 Å². The van der Waals surface area contributed by atoms with E-state index in [4.69, 9.17) is 5.73 Å². The molecule has 1 amide bonds. The Bertz CT molecular complexity index is 964. The molecule has 1 saturated heterocycles. The average Bonchev–Trinajstić information content (AvgIpc) is 3.42. The number of nitrogens with two attached hydrogens (primary N) is 1. The van der Waals surface area contributed by atoms with Gasteiger partial charge in [0.05, 0.1) is 10.8 Å². The minimum Gasteiger partial charge on any atom is -0.383 e. The first-order valence-corrected chi connectivity index (χ1v) is 12.3. The van der Waals surface area contributed by atoms with Gasteiger partial charge in [0.1, 0.15) is 5.82 Å². The number of rotatable bonds is 5. The number of sulfonamides is 1. The summed E-state index contributed by atoms with van der Waals surface area (Å²) in [5.74, 6) is -0.0186. The molecule has 2 aromatic heterocycles. The molecule has 0 bridgehead atoms. The second kappa shape index (κ2) is 8.37. The summed E-state index contributed by atoms with van der Waals surface area (Å²) in [7, 11) is -3.19. The van der Waals surface area contributed by atoms with E-state index in [0.717, 1.165) is 31.4 Å². The van der Waals surface area contributed by atoms with Gasteiger partial charge in [-0.25, -0.2) is 22.7 Å². The van der Waals surface area contributed by atoms with Crippen LogP contribution in [0.15, 0.2) is 23.7 Å². The van der Waals surface area contributed by atoms with Crippen LogP contribution in [-0.2, 0) is 10.0 Å². The summed E-state index contributed by atoms with van der Waals surface area (Å²) in [6.07, 6.45) is 6.62. The lowest BCUT2D eigenvalue weighted by atomic mass is 9.94. The molecule has 3 heterocycles. The molecule has 0 atom stereocenters. The number of amides is 1. The van der Waals surface area contributed by atoms with Crippen LogP contribution in [0.2, 0.25) is 0 Å². The highest BCUT2D eigenvalue weighted by molar-refractivity contribution is 7.89. The fraction of sp³-hybridized carbons (Fsp3) is 0.526. The number of carbonyl (C=O) groups excluding carboxylic acids is 1. The minimum absolute atomic E-state index is 0.142. The van der Waals surface area contributed by atoms with E-state index in [0.29, 0.717) is 36.6 Å². The Balaban J connectivity index is 1.40. The monoisotopic (exact) mass is 435 g/mol. The predicted molar refractivity (Wildman–Crippen MR) is 113 cm³/mol. The third-order valence-corrected chi connectivity index (χ3v) is 8.89. The van der Waals surface area contributed by atoms with E-state index in [-0.39, 0.29) is 22.9 Å². The molecule has 0 aromatic carbocycles. The Morgan fingerprint density at radius 1 is 1.17 bits per heavy atom. The van der Waals surface area contributed by atoms with Crippen LogP contribution in [0.25, 0.3) is 0 Å². The van der Waals surface area contributed by atoms with Crippen molar-refractivity contribution in [2.24, 2.45) is 0 Å². The Morgan fingerprint density at radius 3 is 2.52 bits per heavy atom. The zero-order chi connectivity index (χ0) is 20.4. The quantitative estimate of drug-likeness (QED) is 0.745. The summed E-state index contributed by atoms with van der Waals surface area (Å²) in [6, 6.07) is 3.50. The molecule has 0 radical (unpaired) electrons. The van der Waals surface area contributed by atoms with Gasteiger partial charge in [-0.15, -0.1) is 11.3 Å². The lowest BCUT2D eigenvalue weighted by Gasteiger charge is -2.32. The number of aromatic nitrogens is 2. The highest BCUT2D eigenvalue weighted by Gasteiger charge is 2.36. The first kappa shape index (κ1) is 20.2. The van der Waals surface area contributed by atoms with Crippen LogP contribution in [0.4, 0.5) is 10.9 Å². The van der Waals surface area contributed by atoms with Gasteiger partial charge in [0.15, 0.2) is 5.13 Å². The maximum absolute atomic E-state index is 12.8. The van der Waals surface area contributed by atoms with Gasteiger partial charge in [0.2, 0.25) is 10.0 Å². The Hall–Kier alpha value is -2.04. The fourth-order valence-corrected chi connectivity index (χ4v) is 6.76. The van der Waals surface area contributed by atoms with Crippen LogP contribution in [-0.4, -0.2) is 46.9 Å². The molecular formula is C19H25N5O3S2. The normalized spacial score (nSPS) is 19.4. The van der Waals surface area contributed by atoms with Gasteiger partial charge in [-0.2, -0.15) is 0 Å². The van der Waals surface area contributed by atoms with Gasteiger partial charge >= 0.3 is 0 Å². The maximum atomic E-state index is 12.8. The van der Waals surface area contributed by atoms with E-state index >= 15 is 0 Å². The summed E-state index contributed by atoms with van der Waals surface area (Å²) in [4.78, 5) is 20.8. The van der Waals surface area contributed by atoms with Crippen molar-refractivity contribution in [2.75, 3.05) is 24.1 Å². The van der Waals surface area contributed by atoms with Crippen molar-refractivity contribution in [3.05, 3.63) is 35.0 Å². The molecule has 29 heavy (non-hydrogen) atoms. The van der Waals surface area contributed by atoms with Gasteiger partial charge in [-0.05, 0) is 37.8 Å². The molecule has 1 aliphatic carbocycles. The second-order valence-electron chi connectivity index (χ2n) is 7.59. The highest BCUT2D eigenvalue weighted by atomic mass is 32.2. The standard InChI is InChI=1S/C19H25N5O3S2/c20-17-15(18(25)23-19-21-9-12-28-19)5-6-16(22-17)13-7-10-24(11-8-13)29(26,27)14-3-1-2-4-14/h5-6,9,12-14H,1-4,7-8,10-11H2,(H2,20,22)(H,21,23,25). The zero-order valence-electron chi connectivity index (χ0n) is 16.1. The molecule has 1 saturated carbocycles. The zero-order valence-corrected chi connectivity index (χ0v) is 17.7. The number of nitrogen functional groups attached to an aromatic ring is 1. The van der Waals surface area contributed by atoms with Crippen molar-refractivity contribution in [1.82, 2.24) is 14.3 Å². The Morgan fingerprint density at radius 2 is 1.90 bits per heavy atom. The van der Waals surface area contributed by atoms with Crippen LogP contribution in [0.3, 0.4) is 0 Å². The van der Waals surface area contributed by atoms with Crippen LogP contribution in [0.5, 0.6) is 0 Å². The Kier molecular flexibility index (Phi) is 5.84. The number of piperidine rings is 1. The summed E-state index contributed by atoms with van der Waals surface area (Å²) >= 11 is 1.33. The van der Waals surface area contributed by atoms with E-state index < -0.39 is 10.0 Å². The molecule has 10 heteroatoms. The van der Waals surface area contributed by atoms with Crippen LogP contribution in [0, 0.1) is 0 Å². The number of pyridine rings is 1. The molecule has 2 aliphatic rings. The summed E-state index contributed by atoms with van der Waals surface area (Å²) in [5.41, 5.74) is 7.16. The van der Waals surface area contributed by atoms with Crippen molar-refractivity contribution >= 4 is 38.2 Å². The van der Waals surface area contributed by atoms with Crippen LogP contribution < -0.4 is 11.1 Å². The van der Waals surface area contributed by atoms with Crippen LogP contribution >= 0.6 is 11.3 Å². The number of carbonyl (C=O) groups is 1. The molecule has 0 spiro atoms. The minimum atomic E-state index is -3.19. The highest BCUT2D eigenvalue weighted by Crippen LogP contribution is 2.33. The molecule has 3 N–H and O–H groups in total. The lowest BCUT2D eigenvalue weighted by molar-refractivity contribution is 0.102. The SMILES string of the molecule is Nc1nc(C2CCN(S(=O)(=O)C3CCCC3)CC2)ccc1C(=O)Nc1nccs1. The molecule has 4 rings (SSSR count). The van der Waals surface area contributed by atoms with Gasteiger partial charge in [0, 0.05) is 36.3 Å². The van der Waals surface area contributed by atoms with Gasteiger partial charge in [0.25, 0.3) is 5.91 Å². The molecule has 8 nitrogen and oxygen atoms in total. The van der Waals surface area contributed by atoms with Gasteiger partial charge in [-0.3, -0.25) is 10.1 Å². The van der Waals surface area contributed by atoms with Crippen molar-refractivity contribution < 1.29 is 13.2 Å². The number of thiazole rings is 1.